The maximum Gasteiger partial charge on any atom is 0.191 e. The molecule has 1 aromatic heterocycles. The number of hydrogen-bond donors (Lipinski definition) is 2. The smallest absolute Gasteiger partial charge is 0.191 e. The zero-order chi connectivity index (χ0) is 15.4. The second-order valence-corrected chi connectivity index (χ2v) is 5.13. The molecule has 0 bridgehead atoms. The van der Waals surface area contributed by atoms with Gasteiger partial charge in [0, 0.05) is 18.3 Å². The fourth-order valence-electron chi connectivity index (χ4n) is 2.09. The highest BCUT2D eigenvalue weighted by atomic mass is 19.1. The summed E-state index contributed by atoms with van der Waals surface area (Å²) in [5.74, 6) is 1.75. The molecule has 2 heterocycles. The van der Waals surface area contributed by atoms with Gasteiger partial charge in [-0.1, -0.05) is 0 Å². The Hall–Kier alpha value is -2.63. The fourth-order valence-corrected chi connectivity index (χ4v) is 2.09. The molecule has 0 radical (unpaired) electrons. The lowest BCUT2D eigenvalue weighted by molar-refractivity contribution is 0.478. The number of benzene rings is 1. The summed E-state index contributed by atoms with van der Waals surface area (Å²) in [5.41, 5.74) is 0.837. The minimum absolute atomic E-state index is 0.286. The molecule has 3 rings (SSSR count). The summed E-state index contributed by atoms with van der Waals surface area (Å²) in [6.07, 6.45) is 1.68. The third kappa shape index (κ3) is 3.72. The second-order valence-electron chi connectivity index (χ2n) is 5.13. The summed E-state index contributed by atoms with van der Waals surface area (Å²) in [7, 11) is 0. The van der Waals surface area contributed by atoms with E-state index in [1.54, 1.807) is 24.4 Å². The van der Waals surface area contributed by atoms with Crippen LogP contribution in [0.2, 0.25) is 0 Å². The molecule has 0 aliphatic carbocycles. The van der Waals surface area contributed by atoms with Gasteiger partial charge in [0.25, 0.3) is 0 Å². The molecule has 1 unspecified atom stereocenters. The number of nitrogens with one attached hydrogen (secondary N) is 2. The molecule has 2 aromatic rings. The molecule has 1 aliphatic rings. The molecule has 1 atom stereocenters. The molecule has 22 heavy (non-hydrogen) atoms. The van der Waals surface area contributed by atoms with Gasteiger partial charge in [-0.05, 0) is 37.3 Å². The van der Waals surface area contributed by atoms with Crippen LogP contribution in [0.1, 0.15) is 12.6 Å². The topological polar surface area (TPSA) is 58.5 Å². The van der Waals surface area contributed by atoms with Crippen LogP contribution >= 0.6 is 0 Å². The number of pyridine rings is 1. The molecular weight excluding hydrogens is 283 g/mol. The van der Waals surface area contributed by atoms with Crippen LogP contribution in [-0.2, 0) is 6.54 Å². The van der Waals surface area contributed by atoms with Crippen LogP contribution < -0.4 is 15.4 Å². The minimum atomic E-state index is -0.286. The number of ether oxygens (including phenoxy) is 1. The van der Waals surface area contributed by atoms with E-state index in [1.165, 1.54) is 12.1 Å². The lowest BCUT2D eigenvalue weighted by Crippen LogP contribution is -2.37. The van der Waals surface area contributed by atoms with Crippen LogP contribution in [0.3, 0.4) is 0 Å². The highest BCUT2D eigenvalue weighted by molar-refractivity contribution is 5.81. The fraction of sp³-hybridized carbons (Fsp3) is 0.250. The van der Waals surface area contributed by atoms with E-state index in [-0.39, 0.29) is 5.82 Å². The van der Waals surface area contributed by atoms with E-state index in [9.17, 15) is 4.39 Å². The standard InChI is InChI=1S/C16H17FN4O/c1-11-9-19-16(21-11)20-10-13-8-15(6-7-18-13)22-14-4-2-12(17)3-5-14/h2-8,11H,9-10H2,1H3,(H2,19,20,21). The van der Waals surface area contributed by atoms with Crippen LogP contribution in [0.5, 0.6) is 11.5 Å². The Bertz CT molecular complexity index is 672. The lowest BCUT2D eigenvalue weighted by Gasteiger charge is -2.10. The lowest BCUT2D eigenvalue weighted by atomic mass is 10.3. The Kier molecular flexibility index (Phi) is 4.18. The molecule has 1 aliphatic heterocycles. The first-order chi connectivity index (χ1) is 10.7. The van der Waals surface area contributed by atoms with Gasteiger partial charge in [-0.3, -0.25) is 9.98 Å². The normalized spacial score (nSPS) is 16.8. The van der Waals surface area contributed by atoms with Gasteiger partial charge in [-0.15, -0.1) is 0 Å². The maximum atomic E-state index is 12.9. The molecule has 0 amide bonds. The van der Waals surface area contributed by atoms with Crippen molar-refractivity contribution < 1.29 is 9.13 Å². The first kappa shape index (κ1) is 14.3. The number of rotatable bonds is 4. The highest BCUT2D eigenvalue weighted by Gasteiger charge is 2.11. The van der Waals surface area contributed by atoms with Crippen molar-refractivity contribution in [3.8, 4) is 11.5 Å². The van der Waals surface area contributed by atoms with Crippen LogP contribution in [0, 0.1) is 5.82 Å². The average Bonchev–Trinajstić information content (AvgIpc) is 2.94. The minimum Gasteiger partial charge on any atom is -0.457 e. The van der Waals surface area contributed by atoms with Crippen molar-refractivity contribution in [2.24, 2.45) is 4.99 Å². The molecule has 114 valence electrons. The maximum absolute atomic E-state index is 12.9. The van der Waals surface area contributed by atoms with Crippen LogP contribution in [0.15, 0.2) is 47.6 Å². The zero-order valence-corrected chi connectivity index (χ0v) is 12.2. The molecule has 5 nitrogen and oxygen atoms in total. The molecule has 6 heteroatoms. The van der Waals surface area contributed by atoms with E-state index < -0.39 is 0 Å². The third-order valence-corrected chi connectivity index (χ3v) is 3.18. The number of aromatic nitrogens is 1. The van der Waals surface area contributed by atoms with Crippen LogP contribution in [0.25, 0.3) is 0 Å². The van der Waals surface area contributed by atoms with E-state index in [0.717, 1.165) is 18.2 Å². The van der Waals surface area contributed by atoms with Crippen molar-refractivity contribution in [2.75, 3.05) is 6.54 Å². The van der Waals surface area contributed by atoms with Crippen molar-refractivity contribution in [3.05, 3.63) is 54.1 Å². The summed E-state index contributed by atoms with van der Waals surface area (Å²) in [6, 6.07) is 9.88. The van der Waals surface area contributed by atoms with Gasteiger partial charge < -0.3 is 15.4 Å². The van der Waals surface area contributed by atoms with E-state index in [0.29, 0.717) is 24.1 Å². The molecule has 0 spiro atoms. The van der Waals surface area contributed by atoms with Crippen molar-refractivity contribution in [1.29, 1.82) is 0 Å². The summed E-state index contributed by atoms with van der Waals surface area (Å²) in [6.45, 7) is 3.41. The van der Waals surface area contributed by atoms with Gasteiger partial charge in [-0.25, -0.2) is 4.39 Å². The number of aliphatic imine (C=N–C) groups is 1. The Labute approximate surface area is 128 Å². The Morgan fingerprint density at radius 1 is 1.27 bits per heavy atom. The summed E-state index contributed by atoms with van der Waals surface area (Å²) < 4.78 is 18.6. The molecule has 0 saturated carbocycles. The van der Waals surface area contributed by atoms with Crippen molar-refractivity contribution in [3.63, 3.8) is 0 Å². The predicted octanol–water partition coefficient (Wildman–Crippen LogP) is 2.45. The van der Waals surface area contributed by atoms with E-state index in [4.69, 9.17) is 4.74 Å². The molecule has 1 aromatic carbocycles. The van der Waals surface area contributed by atoms with Crippen molar-refractivity contribution in [2.45, 2.75) is 19.5 Å². The average molecular weight is 300 g/mol. The van der Waals surface area contributed by atoms with E-state index >= 15 is 0 Å². The SMILES string of the molecule is CC1CN=C(NCc2cc(Oc3ccc(F)cc3)ccn2)N1. The number of halogens is 1. The number of hydrogen-bond acceptors (Lipinski definition) is 5. The van der Waals surface area contributed by atoms with Crippen molar-refractivity contribution in [1.82, 2.24) is 15.6 Å². The van der Waals surface area contributed by atoms with E-state index in [1.807, 2.05) is 6.07 Å². The number of guanidine groups is 1. The van der Waals surface area contributed by atoms with Gasteiger partial charge in [0.2, 0.25) is 0 Å². The summed E-state index contributed by atoms with van der Waals surface area (Å²) in [4.78, 5) is 8.62. The van der Waals surface area contributed by atoms with E-state index in [2.05, 4.69) is 27.5 Å². The van der Waals surface area contributed by atoms with Crippen LogP contribution in [-0.4, -0.2) is 23.5 Å². The highest BCUT2D eigenvalue weighted by Crippen LogP contribution is 2.21. The summed E-state index contributed by atoms with van der Waals surface area (Å²) >= 11 is 0. The molecule has 0 fully saturated rings. The first-order valence-electron chi connectivity index (χ1n) is 7.12. The molecule has 2 N–H and O–H groups in total. The van der Waals surface area contributed by atoms with Gasteiger partial charge in [0.05, 0.1) is 18.8 Å². The van der Waals surface area contributed by atoms with Gasteiger partial charge >= 0.3 is 0 Å². The third-order valence-electron chi connectivity index (χ3n) is 3.18. The first-order valence-corrected chi connectivity index (χ1v) is 7.12. The monoisotopic (exact) mass is 300 g/mol. The molecular formula is C16H17FN4O. The Balaban J connectivity index is 1.61. The van der Waals surface area contributed by atoms with Crippen molar-refractivity contribution >= 4 is 5.96 Å². The van der Waals surface area contributed by atoms with Crippen LogP contribution in [0.4, 0.5) is 4.39 Å². The van der Waals surface area contributed by atoms with Gasteiger partial charge in [0.1, 0.15) is 17.3 Å². The molecule has 0 saturated heterocycles. The second kappa shape index (κ2) is 6.43. The predicted molar refractivity (Wildman–Crippen MR) is 82.5 cm³/mol. The summed E-state index contributed by atoms with van der Waals surface area (Å²) in [5, 5.41) is 6.43. The Morgan fingerprint density at radius 2 is 2.09 bits per heavy atom. The quantitative estimate of drug-likeness (QED) is 0.910. The largest absolute Gasteiger partial charge is 0.457 e. The Morgan fingerprint density at radius 3 is 2.82 bits per heavy atom. The van der Waals surface area contributed by atoms with Gasteiger partial charge in [0.15, 0.2) is 5.96 Å². The zero-order valence-electron chi connectivity index (χ0n) is 12.2. The number of nitrogens with zero attached hydrogens (tertiary/aromatic N) is 2. The van der Waals surface area contributed by atoms with Gasteiger partial charge in [-0.2, -0.15) is 0 Å².